The van der Waals surface area contributed by atoms with Gasteiger partial charge in [0.25, 0.3) is 0 Å². The number of nitrogens with zero attached hydrogens (tertiary/aromatic N) is 3. The second-order valence-corrected chi connectivity index (χ2v) is 5.90. The molecular formula is C19H10F6N4. The third-order valence-electron chi connectivity index (χ3n) is 3.96. The molecule has 3 aromatic rings. The summed E-state index contributed by atoms with van der Waals surface area (Å²) in [6.07, 6.45) is -7.04. The molecule has 1 N–H and O–H groups in total. The van der Waals surface area contributed by atoms with E-state index in [1.165, 1.54) is 6.07 Å². The molecule has 2 aromatic carbocycles. The van der Waals surface area contributed by atoms with Gasteiger partial charge in [0, 0.05) is 5.56 Å². The maximum atomic E-state index is 13.3. The van der Waals surface area contributed by atoms with Crippen molar-refractivity contribution in [3.63, 3.8) is 0 Å². The number of aromatic amines is 1. The highest BCUT2D eigenvalue weighted by atomic mass is 19.4. The number of aromatic nitrogens is 3. The molecule has 0 atom stereocenters. The van der Waals surface area contributed by atoms with Crippen molar-refractivity contribution in [1.29, 1.82) is 5.26 Å². The fourth-order valence-corrected chi connectivity index (χ4v) is 2.62. The predicted molar refractivity (Wildman–Crippen MR) is 91.9 cm³/mol. The van der Waals surface area contributed by atoms with Crippen molar-refractivity contribution in [2.24, 2.45) is 0 Å². The maximum Gasteiger partial charge on any atom is 0.416 e. The average Bonchev–Trinajstić information content (AvgIpc) is 3.14. The summed E-state index contributed by atoms with van der Waals surface area (Å²) in [5.41, 5.74) is -1.87. The van der Waals surface area contributed by atoms with Crippen LogP contribution in [0.5, 0.6) is 0 Å². The van der Waals surface area contributed by atoms with Crippen LogP contribution in [-0.4, -0.2) is 15.4 Å². The lowest BCUT2D eigenvalue weighted by Crippen LogP contribution is -2.07. The number of alkyl halides is 6. The van der Waals surface area contributed by atoms with Crippen LogP contribution in [0.25, 0.3) is 23.4 Å². The lowest BCUT2D eigenvalue weighted by Gasteiger charge is -2.12. The number of benzene rings is 2. The molecular weight excluding hydrogens is 398 g/mol. The minimum Gasteiger partial charge on any atom is -0.247 e. The number of halogens is 6. The molecule has 0 spiro atoms. The predicted octanol–water partition coefficient (Wildman–Crippen LogP) is 5.55. The molecule has 4 nitrogen and oxygen atoms in total. The summed E-state index contributed by atoms with van der Waals surface area (Å²) in [5.74, 6) is 0. The lowest BCUT2D eigenvalue weighted by molar-refractivity contribution is -0.138. The van der Waals surface area contributed by atoms with Crippen LogP contribution in [-0.2, 0) is 12.4 Å². The lowest BCUT2D eigenvalue weighted by atomic mass is 9.99. The van der Waals surface area contributed by atoms with Gasteiger partial charge in [0.15, 0.2) is 5.69 Å². The standard InChI is InChI=1S/C19H10F6N4/c20-18(21,22)14-3-1-2-11(8-14)4-5-12-9-13(6-7-15(12)19(23,24)25)17-16(10-26)27-29-28-17/h1-9H,(H,27,28,29). The fraction of sp³-hybridized carbons (Fsp3) is 0.105. The molecule has 0 fully saturated rings. The third kappa shape index (κ3) is 4.45. The highest BCUT2D eigenvalue weighted by molar-refractivity contribution is 5.76. The largest absolute Gasteiger partial charge is 0.416 e. The second kappa shape index (κ2) is 7.43. The third-order valence-corrected chi connectivity index (χ3v) is 3.96. The molecule has 0 aliphatic rings. The molecule has 0 amide bonds. The van der Waals surface area contributed by atoms with Crippen LogP contribution in [0, 0.1) is 11.3 Å². The van der Waals surface area contributed by atoms with Crippen molar-refractivity contribution in [2.75, 3.05) is 0 Å². The van der Waals surface area contributed by atoms with E-state index in [9.17, 15) is 26.3 Å². The topological polar surface area (TPSA) is 65.4 Å². The molecule has 1 aromatic heterocycles. The van der Waals surface area contributed by atoms with Gasteiger partial charge < -0.3 is 0 Å². The smallest absolute Gasteiger partial charge is 0.247 e. The van der Waals surface area contributed by atoms with Crippen LogP contribution in [0.15, 0.2) is 42.5 Å². The van der Waals surface area contributed by atoms with Crippen LogP contribution in [0.4, 0.5) is 26.3 Å². The van der Waals surface area contributed by atoms with Gasteiger partial charge in [-0.05, 0) is 35.4 Å². The first-order valence-corrected chi connectivity index (χ1v) is 7.97. The Morgan fingerprint density at radius 3 is 2.34 bits per heavy atom. The van der Waals surface area contributed by atoms with E-state index < -0.39 is 23.5 Å². The molecule has 1 heterocycles. The van der Waals surface area contributed by atoms with Gasteiger partial charge in [0.1, 0.15) is 11.8 Å². The van der Waals surface area contributed by atoms with E-state index in [0.717, 1.165) is 48.6 Å². The Hall–Kier alpha value is -3.61. The van der Waals surface area contributed by atoms with Crippen molar-refractivity contribution in [3.05, 3.63) is 70.4 Å². The summed E-state index contributed by atoms with van der Waals surface area (Å²) in [5, 5.41) is 18.5. The van der Waals surface area contributed by atoms with Crippen molar-refractivity contribution >= 4 is 12.2 Å². The van der Waals surface area contributed by atoms with Crippen molar-refractivity contribution in [1.82, 2.24) is 15.4 Å². The van der Waals surface area contributed by atoms with Gasteiger partial charge in [0.2, 0.25) is 0 Å². The molecule has 0 radical (unpaired) electrons. The summed E-state index contributed by atoms with van der Waals surface area (Å²) in [7, 11) is 0. The normalized spacial score (nSPS) is 12.3. The molecule has 0 saturated heterocycles. The summed E-state index contributed by atoms with van der Waals surface area (Å²) >= 11 is 0. The monoisotopic (exact) mass is 408 g/mol. The molecule has 0 unspecified atom stereocenters. The molecule has 0 saturated carbocycles. The Bertz CT molecular complexity index is 1100. The highest BCUT2D eigenvalue weighted by Gasteiger charge is 2.33. The van der Waals surface area contributed by atoms with E-state index >= 15 is 0 Å². The van der Waals surface area contributed by atoms with Crippen LogP contribution >= 0.6 is 0 Å². The molecule has 10 heteroatoms. The quantitative estimate of drug-likeness (QED) is 0.456. The second-order valence-electron chi connectivity index (χ2n) is 5.90. The number of nitriles is 1. The zero-order valence-electron chi connectivity index (χ0n) is 14.3. The maximum absolute atomic E-state index is 13.3. The van der Waals surface area contributed by atoms with E-state index in [4.69, 9.17) is 5.26 Å². The van der Waals surface area contributed by atoms with E-state index in [-0.39, 0.29) is 28.1 Å². The minimum atomic E-state index is -4.69. The van der Waals surface area contributed by atoms with Gasteiger partial charge in [-0.15, -0.1) is 5.10 Å². The first-order valence-electron chi connectivity index (χ1n) is 7.97. The summed E-state index contributed by atoms with van der Waals surface area (Å²) in [6.45, 7) is 0. The Morgan fingerprint density at radius 2 is 1.69 bits per heavy atom. The molecule has 0 aliphatic carbocycles. The first kappa shape index (κ1) is 20.1. The Morgan fingerprint density at radius 1 is 0.931 bits per heavy atom. The summed E-state index contributed by atoms with van der Waals surface area (Å²) < 4.78 is 78.5. The van der Waals surface area contributed by atoms with Crippen LogP contribution in [0.3, 0.4) is 0 Å². The fourth-order valence-electron chi connectivity index (χ4n) is 2.62. The van der Waals surface area contributed by atoms with Crippen molar-refractivity contribution < 1.29 is 26.3 Å². The van der Waals surface area contributed by atoms with Crippen molar-refractivity contribution in [3.8, 4) is 17.3 Å². The van der Waals surface area contributed by atoms with E-state index in [1.54, 1.807) is 6.07 Å². The molecule has 0 aliphatic heterocycles. The number of rotatable bonds is 3. The molecule has 148 valence electrons. The minimum absolute atomic E-state index is 0.0300. The van der Waals surface area contributed by atoms with E-state index in [2.05, 4.69) is 15.4 Å². The van der Waals surface area contributed by atoms with Gasteiger partial charge >= 0.3 is 12.4 Å². The van der Waals surface area contributed by atoms with Gasteiger partial charge in [-0.3, -0.25) is 0 Å². The zero-order valence-corrected chi connectivity index (χ0v) is 14.3. The molecule has 29 heavy (non-hydrogen) atoms. The number of nitrogens with one attached hydrogen (secondary N) is 1. The first-order chi connectivity index (χ1) is 13.6. The van der Waals surface area contributed by atoms with Gasteiger partial charge in [0.05, 0.1) is 11.1 Å². The molecule has 3 rings (SSSR count). The zero-order chi connectivity index (χ0) is 21.2. The Balaban J connectivity index is 2.06. The van der Waals surface area contributed by atoms with Gasteiger partial charge in [-0.2, -0.15) is 31.6 Å². The highest BCUT2D eigenvalue weighted by Crippen LogP contribution is 2.35. The average molecular weight is 408 g/mol. The summed E-state index contributed by atoms with van der Waals surface area (Å²) in [4.78, 5) is 0. The Labute approximate surface area is 160 Å². The Kier molecular flexibility index (Phi) is 5.16. The van der Waals surface area contributed by atoms with Crippen LogP contribution in [0.2, 0.25) is 0 Å². The van der Waals surface area contributed by atoms with Crippen LogP contribution < -0.4 is 0 Å². The number of hydrogen-bond acceptors (Lipinski definition) is 3. The van der Waals surface area contributed by atoms with Crippen molar-refractivity contribution in [2.45, 2.75) is 12.4 Å². The number of H-pyrrole nitrogens is 1. The van der Waals surface area contributed by atoms with Gasteiger partial charge in [-0.1, -0.05) is 35.6 Å². The summed E-state index contributed by atoms with van der Waals surface area (Å²) in [6, 6.07) is 9.10. The SMILES string of the molecule is N#Cc1[nH]nnc1-c1ccc(C(F)(F)F)c(C=Cc2cccc(C(F)(F)F)c2)c1. The molecule has 0 bridgehead atoms. The van der Waals surface area contributed by atoms with Crippen LogP contribution in [0.1, 0.15) is 27.9 Å². The van der Waals surface area contributed by atoms with E-state index in [1.807, 2.05) is 0 Å². The number of hydrogen-bond donors (Lipinski definition) is 1. The van der Waals surface area contributed by atoms with Gasteiger partial charge in [-0.25, -0.2) is 5.10 Å². The van der Waals surface area contributed by atoms with E-state index in [0.29, 0.717) is 0 Å².